The van der Waals surface area contributed by atoms with Crippen molar-refractivity contribution in [3.8, 4) is 5.75 Å². The molecule has 4 heteroatoms. The number of benzene rings is 3. The van der Waals surface area contributed by atoms with Crippen LogP contribution in [0, 0.1) is 0 Å². The zero-order valence-corrected chi connectivity index (χ0v) is 15.9. The van der Waals surface area contributed by atoms with E-state index in [0.717, 1.165) is 40.9 Å². The van der Waals surface area contributed by atoms with E-state index in [9.17, 15) is 0 Å². The fraction of sp³-hybridized carbons (Fsp3) is 0.182. The van der Waals surface area contributed by atoms with Crippen LogP contribution in [0.4, 0.5) is 0 Å². The van der Waals surface area contributed by atoms with Crippen molar-refractivity contribution in [1.29, 1.82) is 0 Å². The third-order valence-electron chi connectivity index (χ3n) is 4.05. The lowest BCUT2D eigenvalue weighted by Crippen LogP contribution is -2.16. The van der Waals surface area contributed by atoms with Crippen molar-refractivity contribution >= 4 is 23.2 Å². The minimum Gasteiger partial charge on any atom is -0.489 e. The Hall–Kier alpha value is -2.00. The van der Waals surface area contributed by atoms with Gasteiger partial charge in [0.2, 0.25) is 0 Å². The molecule has 0 fully saturated rings. The number of halogens is 2. The summed E-state index contributed by atoms with van der Waals surface area (Å²) in [6, 6.07) is 23.9. The average molecular weight is 386 g/mol. The van der Waals surface area contributed by atoms with E-state index in [2.05, 4.69) is 29.6 Å². The molecule has 0 spiro atoms. The van der Waals surface area contributed by atoms with Gasteiger partial charge in [0.15, 0.2) is 0 Å². The molecular weight excluding hydrogens is 365 g/mol. The van der Waals surface area contributed by atoms with Gasteiger partial charge >= 0.3 is 0 Å². The summed E-state index contributed by atoms with van der Waals surface area (Å²) in [6.45, 7) is 2.26. The zero-order chi connectivity index (χ0) is 18.2. The molecule has 3 aromatic rings. The molecule has 0 heterocycles. The van der Waals surface area contributed by atoms with E-state index in [1.165, 1.54) is 11.1 Å². The second-order valence-corrected chi connectivity index (χ2v) is 6.99. The Balaban J connectivity index is 1.44. The number of nitrogens with one attached hydrogen (secondary N) is 1. The van der Waals surface area contributed by atoms with Crippen LogP contribution in [0.3, 0.4) is 0 Å². The Morgan fingerprint density at radius 2 is 1.38 bits per heavy atom. The Kier molecular flexibility index (Phi) is 6.96. The molecule has 0 atom stereocenters. The van der Waals surface area contributed by atoms with Gasteiger partial charge in [-0.2, -0.15) is 0 Å². The Morgan fingerprint density at radius 1 is 0.731 bits per heavy atom. The monoisotopic (exact) mass is 385 g/mol. The van der Waals surface area contributed by atoms with Crippen molar-refractivity contribution in [2.75, 3.05) is 6.54 Å². The largest absolute Gasteiger partial charge is 0.489 e. The predicted octanol–water partition coefficient (Wildman–Crippen LogP) is 5.90. The van der Waals surface area contributed by atoms with Gasteiger partial charge in [-0.3, -0.25) is 0 Å². The molecule has 0 amide bonds. The minimum absolute atomic E-state index is 0.532. The smallest absolute Gasteiger partial charge is 0.120 e. The summed E-state index contributed by atoms with van der Waals surface area (Å²) in [4.78, 5) is 0. The average Bonchev–Trinajstić information content (AvgIpc) is 2.67. The van der Waals surface area contributed by atoms with Gasteiger partial charge < -0.3 is 10.1 Å². The van der Waals surface area contributed by atoms with E-state index in [4.69, 9.17) is 27.9 Å². The van der Waals surface area contributed by atoms with E-state index < -0.39 is 0 Å². The first-order valence-electron chi connectivity index (χ1n) is 8.60. The molecule has 2 nitrogen and oxygen atoms in total. The van der Waals surface area contributed by atoms with Gasteiger partial charge in [-0.05, 0) is 66.1 Å². The highest BCUT2D eigenvalue weighted by molar-refractivity contribution is 6.30. The zero-order valence-electron chi connectivity index (χ0n) is 14.4. The Morgan fingerprint density at radius 3 is 2.08 bits per heavy atom. The predicted molar refractivity (Wildman–Crippen MR) is 109 cm³/mol. The van der Waals surface area contributed by atoms with Crippen molar-refractivity contribution in [3.63, 3.8) is 0 Å². The summed E-state index contributed by atoms with van der Waals surface area (Å²) in [5.41, 5.74) is 3.58. The van der Waals surface area contributed by atoms with Crippen molar-refractivity contribution in [3.05, 3.63) is 99.5 Å². The van der Waals surface area contributed by atoms with Gasteiger partial charge in [0, 0.05) is 16.6 Å². The lowest BCUT2D eigenvalue weighted by Gasteiger charge is -2.09. The van der Waals surface area contributed by atoms with Gasteiger partial charge in [-0.25, -0.2) is 0 Å². The highest BCUT2D eigenvalue weighted by atomic mass is 35.5. The molecule has 134 valence electrons. The van der Waals surface area contributed by atoms with Crippen LogP contribution in [0.5, 0.6) is 5.75 Å². The van der Waals surface area contributed by atoms with Crippen LogP contribution < -0.4 is 10.1 Å². The molecule has 3 rings (SSSR count). The maximum Gasteiger partial charge on any atom is 0.120 e. The molecule has 26 heavy (non-hydrogen) atoms. The van der Waals surface area contributed by atoms with Gasteiger partial charge in [0.05, 0.1) is 0 Å². The van der Waals surface area contributed by atoms with Crippen LogP contribution in [0.2, 0.25) is 10.0 Å². The topological polar surface area (TPSA) is 21.3 Å². The van der Waals surface area contributed by atoms with Crippen LogP contribution in [-0.2, 0) is 19.6 Å². The molecular formula is C22H21Cl2NO. The van der Waals surface area contributed by atoms with Crippen molar-refractivity contribution in [2.24, 2.45) is 0 Å². The molecule has 3 aromatic carbocycles. The molecule has 0 saturated carbocycles. The SMILES string of the molecule is Clc1ccc(CCNCc2cccc(OCc3ccc(Cl)cc3)c2)cc1. The third-order valence-corrected chi connectivity index (χ3v) is 4.55. The van der Waals surface area contributed by atoms with E-state index in [1.807, 2.05) is 48.5 Å². The van der Waals surface area contributed by atoms with Crippen molar-refractivity contribution in [2.45, 2.75) is 19.6 Å². The normalized spacial score (nSPS) is 10.7. The second kappa shape index (κ2) is 9.63. The highest BCUT2D eigenvalue weighted by Crippen LogP contribution is 2.16. The first-order chi connectivity index (χ1) is 12.7. The number of hydrogen-bond donors (Lipinski definition) is 1. The van der Waals surface area contributed by atoms with Gasteiger partial charge in [-0.15, -0.1) is 0 Å². The first kappa shape index (κ1) is 18.8. The highest BCUT2D eigenvalue weighted by Gasteiger charge is 2.00. The Bertz CT molecular complexity index is 816. The van der Waals surface area contributed by atoms with Gasteiger partial charge in [0.1, 0.15) is 12.4 Å². The number of hydrogen-bond acceptors (Lipinski definition) is 2. The summed E-state index contributed by atoms with van der Waals surface area (Å²) in [7, 11) is 0. The fourth-order valence-corrected chi connectivity index (χ4v) is 2.86. The summed E-state index contributed by atoms with van der Waals surface area (Å²) in [5, 5.41) is 4.98. The fourth-order valence-electron chi connectivity index (χ4n) is 2.61. The van der Waals surface area contributed by atoms with E-state index in [-0.39, 0.29) is 0 Å². The third kappa shape index (κ3) is 6.06. The lowest BCUT2D eigenvalue weighted by molar-refractivity contribution is 0.306. The number of ether oxygens (including phenoxy) is 1. The lowest BCUT2D eigenvalue weighted by atomic mass is 10.1. The summed E-state index contributed by atoms with van der Waals surface area (Å²) < 4.78 is 5.88. The van der Waals surface area contributed by atoms with Crippen molar-refractivity contribution in [1.82, 2.24) is 5.32 Å². The van der Waals surface area contributed by atoms with Crippen molar-refractivity contribution < 1.29 is 4.74 Å². The molecule has 0 saturated heterocycles. The molecule has 0 aliphatic rings. The van der Waals surface area contributed by atoms with E-state index >= 15 is 0 Å². The van der Waals surface area contributed by atoms with Crippen LogP contribution in [-0.4, -0.2) is 6.54 Å². The van der Waals surface area contributed by atoms with Crippen LogP contribution >= 0.6 is 23.2 Å². The van der Waals surface area contributed by atoms with Crippen LogP contribution in [0.15, 0.2) is 72.8 Å². The molecule has 1 N–H and O–H groups in total. The summed E-state index contributed by atoms with van der Waals surface area (Å²) in [5.74, 6) is 0.872. The van der Waals surface area contributed by atoms with Gasteiger partial charge in [-0.1, -0.05) is 59.6 Å². The standard InChI is InChI=1S/C22H21Cl2NO/c23-20-8-4-17(5-9-20)12-13-25-15-19-2-1-3-22(14-19)26-16-18-6-10-21(24)11-7-18/h1-11,14,25H,12-13,15-16H2. The number of rotatable bonds is 8. The molecule has 0 radical (unpaired) electrons. The van der Waals surface area contributed by atoms with Crippen LogP contribution in [0.1, 0.15) is 16.7 Å². The Labute approximate surface area is 164 Å². The second-order valence-electron chi connectivity index (χ2n) is 6.12. The molecule has 0 aliphatic heterocycles. The summed E-state index contributed by atoms with van der Waals surface area (Å²) in [6.07, 6.45) is 0.976. The summed E-state index contributed by atoms with van der Waals surface area (Å²) >= 11 is 11.8. The molecule has 0 unspecified atom stereocenters. The first-order valence-corrected chi connectivity index (χ1v) is 9.36. The van der Waals surface area contributed by atoms with E-state index in [0.29, 0.717) is 6.61 Å². The quantitative estimate of drug-likeness (QED) is 0.487. The minimum atomic E-state index is 0.532. The molecule has 0 aliphatic carbocycles. The molecule has 0 aromatic heterocycles. The van der Waals surface area contributed by atoms with Crippen LogP contribution in [0.25, 0.3) is 0 Å². The van der Waals surface area contributed by atoms with Gasteiger partial charge in [0.25, 0.3) is 0 Å². The van der Waals surface area contributed by atoms with E-state index in [1.54, 1.807) is 0 Å². The maximum atomic E-state index is 5.91. The molecule has 0 bridgehead atoms. The maximum absolute atomic E-state index is 5.91.